The van der Waals surface area contributed by atoms with E-state index >= 15 is 0 Å². The molecule has 1 N–H and O–H groups in total. The fourth-order valence-corrected chi connectivity index (χ4v) is 6.26. The predicted molar refractivity (Wildman–Crippen MR) is 116 cm³/mol. The van der Waals surface area contributed by atoms with Crippen molar-refractivity contribution >= 4 is 33.2 Å². The van der Waals surface area contributed by atoms with Gasteiger partial charge in [0.05, 0.1) is 27.6 Å². The molecule has 2 aromatic heterocycles. The van der Waals surface area contributed by atoms with Crippen LogP contribution in [0.2, 0.25) is 0 Å². The van der Waals surface area contributed by atoms with Crippen molar-refractivity contribution < 1.29 is 13.2 Å². The van der Waals surface area contributed by atoms with Crippen LogP contribution < -0.4 is 5.32 Å². The van der Waals surface area contributed by atoms with Crippen LogP contribution in [0, 0.1) is 0 Å². The molecule has 3 aromatic rings. The van der Waals surface area contributed by atoms with Gasteiger partial charge in [-0.2, -0.15) is 5.10 Å². The van der Waals surface area contributed by atoms with Gasteiger partial charge >= 0.3 is 0 Å². The Labute approximate surface area is 173 Å². The number of aromatic nitrogens is 2. The van der Waals surface area contributed by atoms with Crippen molar-refractivity contribution in [1.29, 1.82) is 0 Å². The molecule has 0 spiro atoms. The Balaban J connectivity index is 1.59. The molecule has 0 radical (unpaired) electrons. The summed E-state index contributed by atoms with van der Waals surface area (Å²) >= 11 is 1.58. The normalized spacial score (nSPS) is 20.9. The number of sulfone groups is 1. The fraction of sp³-hybridized carbons (Fsp3) is 0.238. The highest BCUT2D eigenvalue weighted by Gasteiger charge is 2.39. The van der Waals surface area contributed by atoms with E-state index < -0.39 is 15.4 Å². The van der Waals surface area contributed by atoms with Gasteiger partial charge < -0.3 is 5.32 Å². The van der Waals surface area contributed by atoms with Gasteiger partial charge in [0.15, 0.2) is 9.84 Å². The summed E-state index contributed by atoms with van der Waals surface area (Å²) < 4.78 is 25.3. The van der Waals surface area contributed by atoms with Gasteiger partial charge in [0.2, 0.25) is 5.91 Å². The Kier molecular flexibility index (Phi) is 5.14. The van der Waals surface area contributed by atoms with E-state index in [1.165, 1.54) is 6.08 Å². The molecule has 0 unspecified atom stereocenters. The zero-order valence-corrected chi connectivity index (χ0v) is 17.5. The quantitative estimate of drug-likeness (QED) is 0.634. The van der Waals surface area contributed by atoms with Crippen molar-refractivity contribution in [1.82, 2.24) is 15.1 Å². The first-order chi connectivity index (χ1) is 13.8. The lowest BCUT2D eigenvalue weighted by Crippen LogP contribution is -2.46. The van der Waals surface area contributed by atoms with Crippen LogP contribution in [0.3, 0.4) is 0 Å². The van der Waals surface area contributed by atoms with Gasteiger partial charge in [0, 0.05) is 17.8 Å². The topological polar surface area (TPSA) is 81.1 Å². The lowest BCUT2D eigenvalue weighted by molar-refractivity contribution is -0.117. The van der Waals surface area contributed by atoms with Crippen LogP contribution in [-0.2, 0) is 14.6 Å². The van der Waals surface area contributed by atoms with Gasteiger partial charge in [-0.05, 0) is 43.0 Å². The summed E-state index contributed by atoms with van der Waals surface area (Å²) in [6, 6.07) is 13.7. The molecule has 0 aliphatic carbocycles. The van der Waals surface area contributed by atoms with E-state index in [0.717, 1.165) is 21.8 Å². The molecule has 29 heavy (non-hydrogen) atoms. The third kappa shape index (κ3) is 4.49. The molecule has 1 atom stereocenters. The highest BCUT2D eigenvalue weighted by atomic mass is 32.2. The minimum atomic E-state index is -3.08. The standard InChI is InChI=1S/C21H21N3O3S2/c1-21(11-13-29(26,27)15-21)22-19(25)10-9-16-14-24(17-6-3-2-4-7-17)23-20(16)18-8-5-12-28-18/h2-10,12,14H,11,13,15H2,1H3,(H,22,25)/b10-9+/t21-/m0/s1. The van der Waals surface area contributed by atoms with Crippen LogP contribution in [0.4, 0.5) is 0 Å². The van der Waals surface area contributed by atoms with E-state index in [4.69, 9.17) is 5.10 Å². The Morgan fingerprint density at radius 1 is 1.24 bits per heavy atom. The number of benzene rings is 1. The first-order valence-corrected chi connectivity index (χ1v) is 11.9. The number of para-hydroxylation sites is 1. The van der Waals surface area contributed by atoms with E-state index in [0.29, 0.717) is 6.42 Å². The molecule has 3 heterocycles. The molecule has 8 heteroatoms. The summed E-state index contributed by atoms with van der Waals surface area (Å²) in [4.78, 5) is 13.5. The zero-order valence-electron chi connectivity index (χ0n) is 15.9. The molecule has 150 valence electrons. The maximum Gasteiger partial charge on any atom is 0.244 e. The number of thiophene rings is 1. The fourth-order valence-electron chi connectivity index (χ4n) is 3.44. The third-order valence-electron chi connectivity index (χ3n) is 4.86. The summed E-state index contributed by atoms with van der Waals surface area (Å²) in [5, 5.41) is 9.53. The minimum absolute atomic E-state index is 0.0219. The number of rotatable bonds is 5. The first kappa shape index (κ1) is 19.6. The summed E-state index contributed by atoms with van der Waals surface area (Å²) in [5.74, 6) is -0.222. The molecule has 0 saturated carbocycles. The van der Waals surface area contributed by atoms with Crippen LogP contribution in [0.5, 0.6) is 0 Å². The number of nitrogens with zero attached hydrogens (tertiary/aromatic N) is 2. The van der Waals surface area contributed by atoms with Gasteiger partial charge in [-0.1, -0.05) is 24.3 Å². The SMILES string of the molecule is C[C@]1(NC(=O)/C=C/c2cn(-c3ccccc3)nc2-c2cccs2)CCS(=O)(=O)C1. The summed E-state index contributed by atoms with van der Waals surface area (Å²) in [5.41, 5.74) is 1.82. The molecular formula is C21H21N3O3S2. The zero-order chi connectivity index (χ0) is 20.5. The molecular weight excluding hydrogens is 406 g/mol. The highest BCUT2D eigenvalue weighted by Crippen LogP contribution is 2.29. The van der Waals surface area contributed by atoms with Gasteiger partial charge in [-0.25, -0.2) is 13.1 Å². The van der Waals surface area contributed by atoms with Crippen molar-refractivity contribution in [3.63, 3.8) is 0 Å². The predicted octanol–water partition coefficient (Wildman–Crippen LogP) is 3.31. The molecule has 1 aliphatic rings. The van der Waals surface area contributed by atoms with Gasteiger partial charge in [-0.3, -0.25) is 4.79 Å². The van der Waals surface area contributed by atoms with Crippen LogP contribution >= 0.6 is 11.3 Å². The van der Waals surface area contributed by atoms with Gasteiger partial charge in [0.1, 0.15) is 5.69 Å². The molecule has 0 bridgehead atoms. The maximum atomic E-state index is 12.4. The second-order valence-corrected chi connectivity index (χ2v) is 10.5. The van der Waals surface area contributed by atoms with Crippen LogP contribution in [0.15, 0.2) is 60.1 Å². The molecule has 1 saturated heterocycles. The Morgan fingerprint density at radius 3 is 2.69 bits per heavy atom. The third-order valence-corrected chi connectivity index (χ3v) is 7.64. The molecule has 1 aromatic carbocycles. The number of amides is 1. The van der Waals surface area contributed by atoms with Crippen molar-refractivity contribution in [3.05, 3.63) is 65.7 Å². The number of carbonyl (C=O) groups is 1. The Bertz CT molecular complexity index is 1150. The summed E-state index contributed by atoms with van der Waals surface area (Å²) in [6.07, 6.45) is 5.49. The second kappa shape index (κ2) is 7.61. The minimum Gasteiger partial charge on any atom is -0.346 e. The van der Waals surface area contributed by atoms with Gasteiger partial charge in [0.25, 0.3) is 0 Å². The van der Waals surface area contributed by atoms with E-state index in [1.807, 2.05) is 54.0 Å². The lowest BCUT2D eigenvalue weighted by Gasteiger charge is -2.22. The largest absolute Gasteiger partial charge is 0.346 e. The summed E-state index contributed by atoms with van der Waals surface area (Å²) in [7, 11) is -3.08. The van der Waals surface area contributed by atoms with E-state index in [1.54, 1.807) is 29.0 Å². The van der Waals surface area contributed by atoms with Crippen molar-refractivity contribution in [3.8, 4) is 16.3 Å². The average Bonchev–Trinajstić information content (AvgIpc) is 3.39. The van der Waals surface area contributed by atoms with E-state index in [9.17, 15) is 13.2 Å². The summed E-state index contributed by atoms with van der Waals surface area (Å²) in [6.45, 7) is 1.77. The van der Waals surface area contributed by atoms with Crippen molar-refractivity contribution in [2.24, 2.45) is 0 Å². The van der Waals surface area contributed by atoms with Crippen LogP contribution in [-0.4, -0.2) is 41.2 Å². The van der Waals surface area contributed by atoms with Crippen LogP contribution in [0.1, 0.15) is 18.9 Å². The van der Waals surface area contributed by atoms with Crippen LogP contribution in [0.25, 0.3) is 22.3 Å². The second-order valence-electron chi connectivity index (χ2n) is 7.42. The first-order valence-electron chi connectivity index (χ1n) is 9.23. The van der Waals surface area contributed by atoms with E-state index in [2.05, 4.69) is 5.32 Å². The monoisotopic (exact) mass is 427 g/mol. The number of nitrogens with one attached hydrogen (secondary N) is 1. The van der Waals surface area contributed by atoms with E-state index in [-0.39, 0.29) is 17.4 Å². The van der Waals surface area contributed by atoms with Gasteiger partial charge in [-0.15, -0.1) is 11.3 Å². The van der Waals surface area contributed by atoms with Crippen molar-refractivity contribution in [2.45, 2.75) is 18.9 Å². The average molecular weight is 428 g/mol. The smallest absolute Gasteiger partial charge is 0.244 e. The molecule has 4 rings (SSSR count). The van der Waals surface area contributed by atoms with Crippen molar-refractivity contribution in [2.75, 3.05) is 11.5 Å². The maximum absolute atomic E-state index is 12.4. The molecule has 6 nitrogen and oxygen atoms in total. The number of carbonyl (C=O) groups excluding carboxylic acids is 1. The lowest BCUT2D eigenvalue weighted by atomic mass is 10.0. The number of hydrogen-bond donors (Lipinski definition) is 1. The number of hydrogen-bond acceptors (Lipinski definition) is 5. The Hall–Kier alpha value is -2.71. The molecule has 1 aliphatic heterocycles. The molecule has 1 fully saturated rings. The molecule has 1 amide bonds. The Morgan fingerprint density at radius 2 is 2.03 bits per heavy atom. The highest BCUT2D eigenvalue weighted by molar-refractivity contribution is 7.91.